The van der Waals surface area contributed by atoms with Crippen LogP contribution in [-0.4, -0.2) is 39.9 Å². The third-order valence-corrected chi connectivity index (χ3v) is 5.55. The Morgan fingerprint density at radius 3 is 2.92 bits per heavy atom. The van der Waals surface area contributed by atoms with E-state index in [0.717, 1.165) is 38.7 Å². The van der Waals surface area contributed by atoms with E-state index >= 15 is 0 Å². The molecule has 2 aliphatic rings. The number of nitrogens with zero attached hydrogens (tertiary/aromatic N) is 4. The topological polar surface area (TPSA) is 43.2 Å². The minimum atomic E-state index is 0.357. The van der Waals surface area contributed by atoms with Crippen molar-refractivity contribution in [2.75, 3.05) is 20.3 Å². The number of fused-ring (bicyclic) bond motifs is 1. The number of pyridine rings is 1. The van der Waals surface area contributed by atoms with Crippen molar-refractivity contribution < 1.29 is 4.74 Å². The molecule has 4 rings (SSSR count). The molecule has 0 saturated heterocycles. The van der Waals surface area contributed by atoms with Crippen molar-refractivity contribution >= 4 is 0 Å². The van der Waals surface area contributed by atoms with E-state index < -0.39 is 0 Å². The summed E-state index contributed by atoms with van der Waals surface area (Å²) in [6, 6.07) is 4.16. The van der Waals surface area contributed by atoms with Crippen molar-refractivity contribution in [3.8, 4) is 0 Å². The largest absolute Gasteiger partial charge is 0.384 e. The summed E-state index contributed by atoms with van der Waals surface area (Å²) < 4.78 is 7.70. The second-order valence-electron chi connectivity index (χ2n) is 7.60. The van der Waals surface area contributed by atoms with Gasteiger partial charge in [0.25, 0.3) is 0 Å². The van der Waals surface area contributed by atoms with Crippen molar-refractivity contribution in [3.05, 3.63) is 47.5 Å². The summed E-state index contributed by atoms with van der Waals surface area (Å²) >= 11 is 0. The molecule has 5 heteroatoms. The Labute approximate surface area is 150 Å². The number of methoxy groups -OCH3 is 1. The maximum atomic E-state index is 5.49. The molecule has 134 valence electrons. The summed E-state index contributed by atoms with van der Waals surface area (Å²) in [4.78, 5) is 6.73. The lowest BCUT2D eigenvalue weighted by Crippen LogP contribution is -2.34. The second kappa shape index (κ2) is 7.67. The molecule has 3 heterocycles. The first-order valence-electron chi connectivity index (χ1n) is 9.48. The van der Waals surface area contributed by atoms with Crippen LogP contribution in [0, 0.1) is 5.92 Å². The molecule has 0 aromatic carbocycles. The van der Waals surface area contributed by atoms with Crippen LogP contribution in [0.1, 0.15) is 48.4 Å². The molecule has 0 amide bonds. The average Bonchev–Trinajstić information content (AvgIpc) is 3.26. The van der Waals surface area contributed by atoms with Crippen molar-refractivity contribution in [1.29, 1.82) is 0 Å². The van der Waals surface area contributed by atoms with Gasteiger partial charge < -0.3 is 4.74 Å². The lowest BCUT2D eigenvalue weighted by Gasteiger charge is -2.31. The average molecular weight is 340 g/mol. The fraction of sp³-hybridized carbons (Fsp3) is 0.600. The molecule has 1 aliphatic carbocycles. The summed E-state index contributed by atoms with van der Waals surface area (Å²) in [6.45, 7) is 4.71. The molecule has 0 bridgehead atoms. The van der Waals surface area contributed by atoms with Crippen LogP contribution in [0.4, 0.5) is 0 Å². The minimum Gasteiger partial charge on any atom is -0.384 e. The highest BCUT2D eigenvalue weighted by molar-refractivity contribution is 5.25. The zero-order valence-electron chi connectivity index (χ0n) is 15.1. The lowest BCUT2D eigenvalue weighted by molar-refractivity contribution is 0.134. The first-order chi connectivity index (χ1) is 12.3. The van der Waals surface area contributed by atoms with Crippen LogP contribution < -0.4 is 0 Å². The van der Waals surface area contributed by atoms with Crippen molar-refractivity contribution in [1.82, 2.24) is 19.7 Å². The third-order valence-electron chi connectivity index (χ3n) is 5.55. The van der Waals surface area contributed by atoms with Crippen molar-refractivity contribution in [3.63, 3.8) is 0 Å². The van der Waals surface area contributed by atoms with Gasteiger partial charge in [-0.2, -0.15) is 5.10 Å². The number of hydrogen-bond acceptors (Lipinski definition) is 4. The lowest BCUT2D eigenvalue weighted by atomic mass is 9.97. The van der Waals surface area contributed by atoms with Crippen molar-refractivity contribution in [2.45, 2.75) is 51.2 Å². The molecule has 0 radical (unpaired) electrons. The Hall–Kier alpha value is -1.72. The predicted octanol–water partition coefficient (Wildman–Crippen LogP) is 3.21. The molecule has 0 N–H and O–H groups in total. The summed E-state index contributed by atoms with van der Waals surface area (Å²) in [6.07, 6.45) is 11.6. The van der Waals surface area contributed by atoms with Gasteiger partial charge in [-0.15, -0.1) is 0 Å². The third kappa shape index (κ3) is 3.93. The van der Waals surface area contributed by atoms with E-state index in [-0.39, 0.29) is 0 Å². The number of ether oxygens (including phenoxy) is 1. The molecule has 0 unspecified atom stereocenters. The molecule has 5 nitrogen and oxygen atoms in total. The zero-order valence-corrected chi connectivity index (χ0v) is 15.1. The summed E-state index contributed by atoms with van der Waals surface area (Å²) in [5.74, 6) is 1.17. The van der Waals surface area contributed by atoms with E-state index in [9.17, 15) is 0 Å². The van der Waals surface area contributed by atoms with E-state index in [0.29, 0.717) is 5.92 Å². The molecule has 25 heavy (non-hydrogen) atoms. The number of aromatic nitrogens is 3. The molecular formula is C20H28N4O. The van der Waals surface area contributed by atoms with E-state index in [1.807, 2.05) is 18.5 Å². The Kier molecular flexibility index (Phi) is 5.13. The molecule has 1 aliphatic heterocycles. The first kappa shape index (κ1) is 16.7. The molecule has 2 aromatic heterocycles. The van der Waals surface area contributed by atoms with Gasteiger partial charge in [0.15, 0.2) is 0 Å². The van der Waals surface area contributed by atoms with Crippen LogP contribution >= 0.6 is 0 Å². The van der Waals surface area contributed by atoms with Gasteiger partial charge in [-0.25, -0.2) is 0 Å². The highest BCUT2D eigenvalue weighted by Gasteiger charge is 2.29. The van der Waals surface area contributed by atoms with Crippen LogP contribution in [0.3, 0.4) is 0 Å². The molecule has 1 fully saturated rings. The van der Waals surface area contributed by atoms with Crippen LogP contribution in [0.15, 0.2) is 30.7 Å². The standard InChI is InChI=1S/C20H28N4O/c1-25-15-19-13-23(10-17-7-4-8-21-9-17)12-18-14-24(22-20(18)19)11-16-5-2-3-6-16/h4,7-9,14,16,19H,2-3,5-6,10-13,15H2,1H3/t19-/m0/s1. The summed E-state index contributed by atoms with van der Waals surface area (Å²) in [5.41, 5.74) is 3.89. The van der Waals surface area contributed by atoms with E-state index in [2.05, 4.69) is 26.8 Å². The van der Waals surface area contributed by atoms with Crippen LogP contribution in [0.2, 0.25) is 0 Å². The Morgan fingerprint density at radius 2 is 2.16 bits per heavy atom. The summed E-state index contributed by atoms with van der Waals surface area (Å²) in [5, 5.41) is 4.95. The smallest absolute Gasteiger partial charge is 0.0736 e. The quantitative estimate of drug-likeness (QED) is 0.810. The molecule has 1 atom stereocenters. The minimum absolute atomic E-state index is 0.357. The number of rotatable bonds is 6. The van der Waals surface area contributed by atoms with Gasteiger partial charge in [-0.1, -0.05) is 18.9 Å². The van der Waals surface area contributed by atoms with E-state index in [1.54, 1.807) is 7.11 Å². The van der Waals surface area contributed by atoms with Crippen LogP contribution in [-0.2, 0) is 24.4 Å². The highest BCUT2D eigenvalue weighted by atomic mass is 16.5. The maximum Gasteiger partial charge on any atom is 0.0736 e. The van der Waals surface area contributed by atoms with Crippen LogP contribution in [0.25, 0.3) is 0 Å². The Bertz CT molecular complexity index is 678. The van der Waals surface area contributed by atoms with Crippen molar-refractivity contribution in [2.24, 2.45) is 5.92 Å². The van der Waals surface area contributed by atoms with Gasteiger partial charge in [-0.3, -0.25) is 14.6 Å². The molecule has 2 aromatic rings. The molecular weight excluding hydrogens is 312 g/mol. The number of hydrogen-bond donors (Lipinski definition) is 0. The van der Waals surface area contributed by atoms with Gasteiger partial charge in [0, 0.05) is 63.4 Å². The second-order valence-corrected chi connectivity index (χ2v) is 7.60. The van der Waals surface area contributed by atoms with Gasteiger partial charge in [0.1, 0.15) is 0 Å². The Morgan fingerprint density at radius 1 is 1.28 bits per heavy atom. The first-order valence-corrected chi connectivity index (χ1v) is 9.48. The maximum absolute atomic E-state index is 5.49. The zero-order chi connectivity index (χ0) is 17.1. The van der Waals surface area contributed by atoms with Gasteiger partial charge >= 0.3 is 0 Å². The fourth-order valence-corrected chi connectivity index (χ4v) is 4.40. The van der Waals surface area contributed by atoms with Gasteiger partial charge in [-0.05, 0) is 30.4 Å². The predicted molar refractivity (Wildman–Crippen MR) is 97.2 cm³/mol. The summed E-state index contributed by atoms with van der Waals surface area (Å²) in [7, 11) is 1.79. The Balaban J connectivity index is 1.50. The molecule has 0 spiro atoms. The highest BCUT2D eigenvalue weighted by Crippen LogP contribution is 2.30. The normalized spacial score (nSPS) is 21.6. The van der Waals surface area contributed by atoms with Crippen LogP contribution in [0.5, 0.6) is 0 Å². The monoisotopic (exact) mass is 340 g/mol. The molecule has 1 saturated carbocycles. The van der Waals surface area contributed by atoms with E-state index in [4.69, 9.17) is 9.84 Å². The fourth-order valence-electron chi connectivity index (χ4n) is 4.40. The SMILES string of the molecule is COC[C@@H]1CN(Cc2cccnc2)Cc2cn(CC3CCCC3)nc21. The van der Waals surface area contributed by atoms with Gasteiger partial charge in [0.05, 0.1) is 12.3 Å². The van der Waals surface area contributed by atoms with Gasteiger partial charge in [0.2, 0.25) is 0 Å². The van der Waals surface area contributed by atoms with E-state index in [1.165, 1.54) is 42.5 Å².